The van der Waals surface area contributed by atoms with E-state index < -0.39 is 0 Å². The lowest BCUT2D eigenvalue weighted by Gasteiger charge is -2.19. The molecular formula is C12H23NO3. The summed E-state index contributed by atoms with van der Waals surface area (Å²) in [5, 5.41) is 0. The minimum absolute atomic E-state index is 0.335. The molecule has 0 fully saturated rings. The monoisotopic (exact) mass is 229 g/mol. The molecule has 0 bridgehead atoms. The molecule has 0 aliphatic heterocycles. The standard InChI is InChI=1S/C12H23NO3/c1-5-13(6-2)10-11(15-7-3)9-12(14)16-8-4/h9H,5-8,10H2,1-4H3. The largest absolute Gasteiger partial charge is 0.497 e. The Labute approximate surface area is 98.2 Å². The molecule has 0 heterocycles. The predicted octanol–water partition coefficient (Wildman–Crippen LogP) is 1.81. The van der Waals surface area contributed by atoms with Gasteiger partial charge in [0.25, 0.3) is 0 Å². The number of hydrogen-bond donors (Lipinski definition) is 0. The Morgan fingerprint density at radius 2 is 1.62 bits per heavy atom. The van der Waals surface area contributed by atoms with Crippen molar-refractivity contribution in [2.24, 2.45) is 0 Å². The summed E-state index contributed by atoms with van der Waals surface area (Å²) in [6.07, 6.45) is 1.44. The maximum atomic E-state index is 11.3. The second-order valence-electron chi connectivity index (χ2n) is 3.26. The Morgan fingerprint density at radius 1 is 1.06 bits per heavy atom. The highest BCUT2D eigenvalue weighted by Crippen LogP contribution is 2.02. The normalized spacial score (nSPS) is 11.7. The van der Waals surface area contributed by atoms with Crippen molar-refractivity contribution in [1.82, 2.24) is 4.90 Å². The van der Waals surface area contributed by atoms with Crippen molar-refractivity contribution in [3.63, 3.8) is 0 Å². The van der Waals surface area contributed by atoms with Crippen LogP contribution in [0, 0.1) is 0 Å². The fourth-order valence-corrected chi connectivity index (χ4v) is 1.30. The molecule has 0 radical (unpaired) electrons. The second-order valence-corrected chi connectivity index (χ2v) is 3.26. The first-order valence-corrected chi connectivity index (χ1v) is 5.90. The van der Waals surface area contributed by atoms with Crippen molar-refractivity contribution in [2.45, 2.75) is 27.7 Å². The summed E-state index contributed by atoms with van der Waals surface area (Å²) in [6, 6.07) is 0. The van der Waals surface area contributed by atoms with Crippen LogP contribution in [0.2, 0.25) is 0 Å². The highest BCUT2D eigenvalue weighted by Gasteiger charge is 2.07. The van der Waals surface area contributed by atoms with Gasteiger partial charge in [-0.25, -0.2) is 4.79 Å². The zero-order valence-electron chi connectivity index (χ0n) is 10.8. The van der Waals surface area contributed by atoms with Crippen molar-refractivity contribution in [3.8, 4) is 0 Å². The van der Waals surface area contributed by atoms with Crippen LogP contribution in [0.3, 0.4) is 0 Å². The van der Waals surface area contributed by atoms with Crippen molar-refractivity contribution >= 4 is 5.97 Å². The molecule has 0 spiro atoms. The molecule has 4 heteroatoms. The summed E-state index contributed by atoms with van der Waals surface area (Å²) < 4.78 is 10.3. The third kappa shape index (κ3) is 6.45. The molecule has 0 aromatic carbocycles. The van der Waals surface area contributed by atoms with Gasteiger partial charge in [0.15, 0.2) is 0 Å². The van der Waals surface area contributed by atoms with E-state index in [0.717, 1.165) is 13.1 Å². The third-order valence-corrected chi connectivity index (χ3v) is 2.17. The van der Waals surface area contributed by atoms with E-state index in [2.05, 4.69) is 18.7 Å². The minimum Gasteiger partial charge on any atom is -0.497 e. The van der Waals surface area contributed by atoms with Gasteiger partial charge in [0.05, 0.1) is 25.8 Å². The van der Waals surface area contributed by atoms with Gasteiger partial charge in [0, 0.05) is 0 Å². The van der Waals surface area contributed by atoms with Gasteiger partial charge in [-0.05, 0) is 26.9 Å². The van der Waals surface area contributed by atoms with Gasteiger partial charge in [-0.15, -0.1) is 0 Å². The summed E-state index contributed by atoms with van der Waals surface area (Å²) in [5.74, 6) is 0.336. The molecule has 0 atom stereocenters. The zero-order valence-corrected chi connectivity index (χ0v) is 10.8. The van der Waals surface area contributed by atoms with Gasteiger partial charge >= 0.3 is 5.97 Å². The molecule has 94 valence electrons. The first-order valence-electron chi connectivity index (χ1n) is 5.90. The quantitative estimate of drug-likeness (QED) is 0.361. The van der Waals surface area contributed by atoms with Crippen molar-refractivity contribution < 1.29 is 14.3 Å². The van der Waals surface area contributed by atoms with Crippen LogP contribution in [0.15, 0.2) is 11.8 Å². The Kier molecular flexibility index (Phi) is 8.62. The minimum atomic E-state index is -0.335. The summed E-state index contributed by atoms with van der Waals surface area (Å²) in [5.41, 5.74) is 0. The van der Waals surface area contributed by atoms with Crippen LogP contribution in [0.25, 0.3) is 0 Å². The smallest absolute Gasteiger partial charge is 0.334 e. The van der Waals surface area contributed by atoms with Crippen LogP contribution >= 0.6 is 0 Å². The highest BCUT2D eigenvalue weighted by atomic mass is 16.5. The molecule has 4 nitrogen and oxygen atoms in total. The lowest BCUT2D eigenvalue weighted by Crippen LogP contribution is -2.26. The van der Waals surface area contributed by atoms with Crippen molar-refractivity contribution in [1.29, 1.82) is 0 Å². The van der Waals surface area contributed by atoms with Crippen LogP contribution < -0.4 is 0 Å². The van der Waals surface area contributed by atoms with Gasteiger partial charge in [-0.3, -0.25) is 4.90 Å². The fraction of sp³-hybridized carbons (Fsp3) is 0.750. The molecule has 0 aromatic rings. The van der Waals surface area contributed by atoms with E-state index in [1.807, 2.05) is 6.92 Å². The first-order chi connectivity index (χ1) is 7.67. The molecule has 0 N–H and O–H groups in total. The lowest BCUT2D eigenvalue weighted by atomic mass is 10.3. The summed E-state index contributed by atoms with van der Waals surface area (Å²) in [4.78, 5) is 13.5. The molecule has 0 rings (SSSR count). The van der Waals surface area contributed by atoms with Gasteiger partial charge in [-0.2, -0.15) is 0 Å². The SMILES string of the molecule is CCOC(=O)C=C(CN(CC)CC)OCC. The van der Waals surface area contributed by atoms with E-state index in [1.165, 1.54) is 6.08 Å². The molecular weight excluding hydrogens is 206 g/mol. The van der Waals surface area contributed by atoms with Crippen LogP contribution in [0.1, 0.15) is 27.7 Å². The van der Waals surface area contributed by atoms with Crippen molar-refractivity contribution in [2.75, 3.05) is 32.8 Å². The topological polar surface area (TPSA) is 38.8 Å². The summed E-state index contributed by atoms with van der Waals surface area (Å²) in [7, 11) is 0. The Morgan fingerprint density at radius 3 is 2.06 bits per heavy atom. The zero-order chi connectivity index (χ0) is 12.4. The summed E-state index contributed by atoms with van der Waals surface area (Å²) >= 11 is 0. The van der Waals surface area contributed by atoms with Crippen LogP contribution in [-0.4, -0.2) is 43.7 Å². The molecule has 0 aromatic heterocycles. The number of hydrogen-bond acceptors (Lipinski definition) is 4. The van der Waals surface area contributed by atoms with E-state index in [9.17, 15) is 4.79 Å². The molecule has 0 amide bonds. The maximum Gasteiger partial charge on any atom is 0.334 e. The summed E-state index contributed by atoms with van der Waals surface area (Å²) in [6.45, 7) is 11.3. The van der Waals surface area contributed by atoms with Gasteiger partial charge in [0.2, 0.25) is 0 Å². The molecule has 0 unspecified atom stereocenters. The average molecular weight is 229 g/mol. The van der Waals surface area contributed by atoms with E-state index in [-0.39, 0.29) is 5.97 Å². The average Bonchev–Trinajstić information content (AvgIpc) is 2.26. The number of rotatable bonds is 8. The number of likely N-dealkylation sites (N-methyl/N-ethyl adjacent to an activating group) is 1. The molecule has 0 saturated heterocycles. The Hall–Kier alpha value is -1.03. The number of esters is 1. The number of carbonyl (C=O) groups is 1. The lowest BCUT2D eigenvalue weighted by molar-refractivity contribution is -0.137. The molecule has 0 saturated carbocycles. The van der Waals surface area contributed by atoms with Crippen molar-refractivity contribution in [3.05, 3.63) is 11.8 Å². The Balaban J connectivity index is 4.40. The van der Waals surface area contributed by atoms with Gasteiger partial charge in [-0.1, -0.05) is 13.8 Å². The predicted molar refractivity (Wildman–Crippen MR) is 64.1 cm³/mol. The molecule has 16 heavy (non-hydrogen) atoms. The fourth-order valence-electron chi connectivity index (χ4n) is 1.30. The first kappa shape index (κ1) is 15.0. The molecule has 0 aliphatic carbocycles. The van der Waals surface area contributed by atoms with Gasteiger partial charge in [0.1, 0.15) is 5.76 Å². The van der Waals surface area contributed by atoms with Crippen LogP contribution in [0.4, 0.5) is 0 Å². The maximum absolute atomic E-state index is 11.3. The number of ether oxygens (including phenoxy) is 2. The highest BCUT2D eigenvalue weighted by molar-refractivity contribution is 5.82. The Bertz CT molecular complexity index is 222. The molecule has 0 aliphatic rings. The van der Waals surface area contributed by atoms with Crippen LogP contribution in [-0.2, 0) is 14.3 Å². The number of carbonyl (C=O) groups excluding carboxylic acids is 1. The van der Waals surface area contributed by atoms with E-state index in [0.29, 0.717) is 25.5 Å². The van der Waals surface area contributed by atoms with E-state index in [1.54, 1.807) is 6.92 Å². The van der Waals surface area contributed by atoms with E-state index in [4.69, 9.17) is 9.47 Å². The number of nitrogens with zero attached hydrogens (tertiary/aromatic N) is 1. The van der Waals surface area contributed by atoms with E-state index >= 15 is 0 Å². The van der Waals surface area contributed by atoms with Crippen LogP contribution in [0.5, 0.6) is 0 Å². The second kappa shape index (κ2) is 9.21. The van der Waals surface area contributed by atoms with Gasteiger partial charge < -0.3 is 9.47 Å². The third-order valence-electron chi connectivity index (χ3n) is 2.17.